The molecule has 0 saturated carbocycles. The van der Waals surface area contributed by atoms with Crippen LogP contribution in [0.15, 0.2) is 17.8 Å². The van der Waals surface area contributed by atoms with Crippen LogP contribution in [0.5, 0.6) is 0 Å². The molecule has 0 rings (SSSR count). The minimum atomic E-state index is 0.865. The van der Waals surface area contributed by atoms with Gasteiger partial charge in [0, 0.05) is 12.8 Å². The Bertz CT molecular complexity index is 66.5. The minimum absolute atomic E-state index is 0.865. The van der Waals surface area contributed by atoms with E-state index in [4.69, 9.17) is 0 Å². The van der Waals surface area contributed by atoms with Crippen molar-refractivity contribution < 1.29 is 0 Å². The summed E-state index contributed by atoms with van der Waals surface area (Å²) >= 11 is 0. The Morgan fingerprint density at radius 1 is 1.86 bits per heavy atom. The summed E-state index contributed by atoms with van der Waals surface area (Å²) in [5, 5.41) is 3.72. The van der Waals surface area contributed by atoms with Gasteiger partial charge < -0.3 is 5.43 Å². The highest BCUT2D eigenvalue weighted by Gasteiger charge is 1.60. The van der Waals surface area contributed by atoms with Crippen LogP contribution >= 0.6 is 0 Å². The highest BCUT2D eigenvalue weighted by atomic mass is 15.3. The van der Waals surface area contributed by atoms with E-state index in [9.17, 15) is 0 Å². The molecule has 0 aromatic rings. The Balaban J connectivity index is 2.92. The number of hydrazone groups is 1. The Morgan fingerprint density at radius 2 is 2.57 bits per heavy atom. The van der Waals surface area contributed by atoms with E-state index in [1.807, 2.05) is 6.92 Å². The zero-order valence-electron chi connectivity index (χ0n) is 4.52. The monoisotopic (exact) mass is 98.1 g/mol. The predicted molar refractivity (Wildman–Crippen MR) is 32.4 cm³/mol. The van der Waals surface area contributed by atoms with E-state index in [1.165, 1.54) is 0 Å². The summed E-state index contributed by atoms with van der Waals surface area (Å²) in [5.74, 6) is 0. The van der Waals surface area contributed by atoms with Gasteiger partial charge in [0.2, 0.25) is 0 Å². The molecule has 0 atom stereocenters. The van der Waals surface area contributed by atoms with Crippen molar-refractivity contribution in [3.8, 4) is 0 Å². The second-order valence-corrected chi connectivity index (χ2v) is 1.03. The maximum absolute atomic E-state index is 3.72. The molecule has 0 unspecified atom stereocenters. The Morgan fingerprint density at radius 3 is 3.00 bits per heavy atom. The summed E-state index contributed by atoms with van der Waals surface area (Å²) in [6.45, 7) is 6.30. The lowest BCUT2D eigenvalue weighted by Crippen LogP contribution is -2.01. The molecule has 2 heteroatoms. The fraction of sp³-hybridized carbons (Fsp3) is 0.400. The van der Waals surface area contributed by atoms with Gasteiger partial charge in [0.15, 0.2) is 0 Å². The largest absolute Gasteiger partial charge is 0.310 e. The first kappa shape index (κ1) is 6.21. The quantitative estimate of drug-likeness (QED) is 0.409. The number of hydrogen-bond donors (Lipinski definition) is 1. The van der Waals surface area contributed by atoms with E-state index in [0.717, 1.165) is 6.54 Å². The molecule has 0 amide bonds. The third kappa shape index (κ3) is 5.21. The van der Waals surface area contributed by atoms with Crippen molar-refractivity contribution in [3.63, 3.8) is 0 Å². The van der Waals surface area contributed by atoms with E-state index in [1.54, 1.807) is 12.3 Å². The lowest BCUT2D eigenvalue weighted by Gasteiger charge is -1.85. The van der Waals surface area contributed by atoms with Crippen LogP contribution < -0.4 is 5.43 Å². The van der Waals surface area contributed by atoms with Crippen molar-refractivity contribution >= 4 is 6.21 Å². The summed E-state index contributed by atoms with van der Waals surface area (Å²) in [6, 6.07) is 0. The van der Waals surface area contributed by atoms with Crippen LogP contribution in [-0.4, -0.2) is 12.8 Å². The third-order valence-corrected chi connectivity index (χ3v) is 0.429. The molecule has 0 spiro atoms. The second kappa shape index (κ2) is 5.21. The molecular formula is C5H10N2. The second-order valence-electron chi connectivity index (χ2n) is 1.03. The molecule has 0 aliphatic carbocycles. The number of allylic oxidation sites excluding steroid dienone is 1. The fourth-order valence-electron chi connectivity index (χ4n) is 0.197. The van der Waals surface area contributed by atoms with Gasteiger partial charge >= 0.3 is 0 Å². The van der Waals surface area contributed by atoms with Crippen LogP contribution in [0.4, 0.5) is 0 Å². The van der Waals surface area contributed by atoms with Gasteiger partial charge in [0.25, 0.3) is 0 Å². The number of nitrogens with one attached hydrogen (secondary N) is 1. The van der Waals surface area contributed by atoms with Crippen molar-refractivity contribution in [2.75, 3.05) is 6.54 Å². The summed E-state index contributed by atoms with van der Waals surface area (Å²) in [5.41, 5.74) is 2.75. The Hall–Kier alpha value is -0.790. The van der Waals surface area contributed by atoms with Crippen LogP contribution in [0.1, 0.15) is 6.92 Å². The topological polar surface area (TPSA) is 24.4 Å². The Kier molecular flexibility index (Phi) is 4.62. The van der Waals surface area contributed by atoms with Gasteiger partial charge in [-0.25, -0.2) is 0 Å². The van der Waals surface area contributed by atoms with E-state index < -0.39 is 0 Å². The maximum Gasteiger partial charge on any atom is 0.0462 e. The van der Waals surface area contributed by atoms with Crippen molar-refractivity contribution in [2.45, 2.75) is 6.92 Å². The van der Waals surface area contributed by atoms with E-state index >= 15 is 0 Å². The van der Waals surface area contributed by atoms with Gasteiger partial charge in [0.05, 0.1) is 0 Å². The number of rotatable bonds is 3. The summed E-state index contributed by atoms with van der Waals surface area (Å²) in [7, 11) is 0. The van der Waals surface area contributed by atoms with Crippen LogP contribution in [0, 0.1) is 0 Å². The van der Waals surface area contributed by atoms with Crippen LogP contribution in [0.3, 0.4) is 0 Å². The average molecular weight is 98.1 g/mol. The smallest absolute Gasteiger partial charge is 0.0462 e. The molecule has 0 aromatic heterocycles. The standard InChI is InChI=1S/C5H10N2/c1-3-5-7-6-4-2/h3,5-6H,1,4H2,2H3/b7-5-. The molecule has 0 fully saturated rings. The lowest BCUT2D eigenvalue weighted by atomic mass is 10.7. The first-order valence-corrected chi connectivity index (χ1v) is 2.28. The van der Waals surface area contributed by atoms with Crippen molar-refractivity contribution in [1.29, 1.82) is 0 Å². The maximum atomic E-state index is 3.72. The molecule has 0 saturated heterocycles. The number of nitrogens with zero attached hydrogens (tertiary/aromatic N) is 1. The van der Waals surface area contributed by atoms with E-state index in [-0.39, 0.29) is 0 Å². The fourth-order valence-corrected chi connectivity index (χ4v) is 0.197. The molecule has 0 aliphatic rings. The van der Waals surface area contributed by atoms with Crippen molar-refractivity contribution in [2.24, 2.45) is 5.10 Å². The normalized spacial score (nSPS) is 9.29. The molecule has 0 bridgehead atoms. The van der Waals surface area contributed by atoms with Gasteiger partial charge in [-0.15, -0.1) is 0 Å². The zero-order chi connectivity index (χ0) is 5.54. The predicted octanol–water partition coefficient (Wildman–Crippen LogP) is 0.768. The average Bonchev–Trinajstić information content (AvgIpc) is 1.69. The van der Waals surface area contributed by atoms with Crippen molar-refractivity contribution in [3.05, 3.63) is 12.7 Å². The number of hydrogen-bond acceptors (Lipinski definition) is 2. The van der Waals surface area contributed by atoms with E-state index in [2.05, 4.69) is 17.1 Å². The minimum Gasteiger partial charge on any atom is -0.310 e. The zero-order valence-corrected chi connectivity index (χ0v) is 4.52. The molecule has 0 radical (unpaired) electrons. The lowest BCUT2D eigenvalue weighted by molar-refractivity contribution is 0.788. The van der Waals surface area contributed by atoms with E-state index in [0.29, 0.717) is 0 Å². The van der Waals surface area contributed by atoms with Crippen LogP contribution in [0.25, 0.3) is 0 Å². The molecule has 1 N–H and O–H groups in total. The van der Waals surface area contributed by atoms with Crippen LogP contribution in [0.2, 0.25) is 0 Å². The summed E-state index contributed by atoms with van der Waals surface area (Å²) in [4.78, 5) is 0. The highest BCUT2D eigenvalue weighted by Crippen LogP contribution is 1.55. The molecule has 40 valence electrons. The molecule has 7 heavy (non-hydrogen) atoms. The summed E-state index contributed by atoms with van der Waals surface area (Å²) in [6.07, 6.45) is 3.24. The first-order chi connectivity index (χ1) is 3.41. The van der Waals surface area contributed by atoms with Crippen LogP contribution in [-0.2, 0) is 0 Å². The van der Waals surface area contributed by atoms with Gasteiger partial charge in [-0.2, -0.15) is 5.10 Å². The van der Waals surface area contributed by atoms with Gasteiger partial charge in [-0.3, -0.25) is 0 Å². The van der Waals surface area contributed by atoms with Gasteiger partial charge in [-0.05, 0) is 13.0 Å². The molecule has 0 heterocycles. The molecule has 0 aliphatic heterocycles. The van der Waals surface area contributed by atoms with Gasteiger partial charge in [0.1, 0.15) is 0 Å². The molecule has 0 aromatic carbocycles. The SMILES string of the molecule is C=C/C=N\NCC. The highest BCUT2D eigenvalue weighted by molar-refractivity contribution is 5.69. The molecule has 2 nitrogen and oxygen atoms in total. The summed E-state index contributed by atoms with van der Waals surface area (Å²) < 4.78 is 0. The first-order valence-electron chi connectivity index (χ1n) is 2.28. The molecular weight excluding hydrogens is 88.1 g/mol. The Labute approximate surface area is 43.9 Å². The van der Waals surface area contributed by atoms with Gasteiger partial charge in [-0.1, -0.05) is 6.58 Å². The van der Waals surface area contributed by atoms with Crippen molar-refractivity contribution in [1.82, 2.24) is 5.43 Å². The third-order valence-electron chi connectivity index (χ3n) is 0.429.